The van der Waals surface area contributed by atoms with Gasteiger partial charge in [0, 0.05) is 12.8 Å². The molecule has 0 rings (SSSR count). The zero-order valence-electron chi connectivity index (χ0n) is 10.2. The summed E-state index contributed by atoms with van der Waals surface area (Å²) in [6.45, 7) is 3.83. The lowest BCUT2D eigenvalue weighted by Crippen LogP contribution is -2.42. The van der Waals surface area contributed by atoms with Gasteiger partial charge in [0.2, 0.25) is 0 Å². The molecule has 0 bridgehead atoms. The van der Waals surface area contributed by atoms with Crippen LogP contribution in [0, 0.1) is 0 Å². The number of unbranched alkanes of at least 4 members (excludes halogenated alkanes) is 1. The Hall–Kier alpha value is -1.59. The maximum absolute atomic E-state index is 11.2. The van der Waals surface area contributed by atoms with Crippen LogP contribution in [-0.2, 0) is 14.3 Å². The van der Waals surface area contributed by atoms with E-state index in [1.807, 2.05) is 6.92 Å². The zero-order valence-corrected chi connectivity index (χ0v) is 10.2. The number of carbonyl (C=O) groups is 3. The van der Waals surface area contributed by atoms with Gasteiger partial charge in [-0.15, -0.1) is 0 Å². The molecule has 1 atom stereocenters. The van der Waals surface area contributed by atoms with Crippen molar-refractivity contribution in [2.24, 2.45) is 0 Å². The Morgan fingerprint density at radius 3 is 2.41 bits per heavy atom. The van der Waals surface area contributed by atoms with Crippen LogP contribution in [-0.4, -0.2) is 35.6 Å². The second-order valence-electron chi connectivity index (χ2n) is 3.62. The molecule has 2 N–H and O–H groups in total. The molecule has 0 aromatic carbocycles. The number of alkyl carbamates (subject to hydrolysis) is 1. The quantitative estimate of drug-likeness (QED) is 0.629. The molecule has 0 aliphatic heterocycles. The van der Waals surface area contributed by atoms with E-state index in [0.29, 0.717) is 0 Å². The molecule has 6 nitrogen and oxygen atoms in total. The van der Waals surface area contributed by atoms with Crippen LogP contribution in [0.1, 0.15) is 39.5 Å². The summed E-state index contributed by atoms with van der Waals surface area (Å²) in [6, 6.07) is -1.21. The van der Waals surface area contributed by atoms with Crippen molar-refractivity contribution in [3.05, 3.63) is 0 Å². The molecular weight excluding hydrogens is 226 g/mol. The summed E-state index contributed by atoms with van der Waals surface area (Å²) in [4.78, 5) is 33.1. The van der Waals surface area contributed by atoms with Crippen LogP contribution in [0.4, 0.5) is 4.79 Å². The van der Waals surface area contributed by atoms with E-state index in [4.69, 9.17) is 9.84 Å². The Kier molecular flexibility index (Phi) is 7.75. The molecule has 0 radical (unpaired) electrons. The molecule has 1 unspecified atom stereocenters. The van der Waals surface area contributed by atoms with E-state index < -0.39 is 18.1 Å². The maximum atomic E-state index is 11.2. The highest BCUT2D eigenvalue weighted by molar-refractivity contribution is 5.87. The number of aliphatic carboxylic acids is 1. The third kappa shape index (κ3) is 7.32. The number of nitrogens with one attached hydrogen (secondary N) is 1. The summed E-state index contributed by atoms with van der Waals surface area (Å²) in [5.41, 5.74) is 0. The first-order chi connectivity index (χ1) is 8.01. The fraction of sp³-hybridized carbons (Fsp3) is 0.727. The van der Waals surface area contributed by atoms with Crippen molar-refractivity contribution in [1.29, 1.82) is 0 Å². The SMILES string of the molecule is CCCCOC(=O)NC(CC(=O)CC)C(=O)O. The van der Waals surface area contributed by atoms with E-state index in [2.05, 4.69) is 5.32 Å². The number of rotatable bonds is 8. The van der Waals surface area contributed by atoms with Crippen molar-refractivity contribution < 1.29 is 24.2 Å². The van der Waals surface area contributed by atoms with Crippen LogP contribution in [0.5, 0.6) is 0 Å². The molecular formula is C11H19NO5. The van der Waals surface area contributed by atoms with Gasteiger partial charge in [-0.3, -0.25) is 4.79 Å². The van der Waals surface area contributed by atoms with Gasteiger partial charge in [0.15, 0.2) is 0 Å². The van der Waals surface area contributed by atoms with Crippen molar-refractivity contribution in [3.8, 4) is 0 Å². The minimum atomic E-state index is -1.24. The number of carbonyl (C=O) groups excluding carboxylic acids is 2. The number of hydrogen-bond donors (Lipinski definition) is 2. The molecule has 0 saturated heterocycles. The van der Waals surface area contributed by atoms with Gasteiger partial charge in [-0.05, 0) is 6.42 Å². The zero-order chi connectivity index (χ0) is 13.3. The molecule has 17 heavy (non-hydrogen) atoms. The van der Waals surface area contributed by atoms with E-state index in [1.54, 1.807) is 6.92 Å². The third-order valence-electron chi connectivity index (χ3n) is 2.15. The molecule has 0 heterocycles. The second kappa shape index (κ2) is 8.55. The first-order valence-corrected chi connectivity index (χ1v) is 5.69. The number of ether oxygens (including phenoxy) is 1. The molecule has 6 heteroatoms. The van der Waals surface area contributed by atoms with Gasteiger partial charge in [-0.25, -0.2) is 9.59 Å². The van der Waals surface area contributed by atoms with Crippen LogP contribution >= 0.6 is 0 Å². The summed E-state index contributed by atoms with van der Waals surface area (Å²) < 4.78 is 4.75. The number of amides is 1. The lowest BCUT2D eigenvalue weighted by molar-refractivity contribution is -0.141. The fourth-order valence-electron chi connectivity index (χ4n) is 1.07. The highest BCUT2D eigenvalue weighted by atomic mass is 16.5. The lowest BCUT2D eigenvalue weighted by Gasteiger charge is -2.13. The van der Waals surface area contributed by atoms with Gasteiger partial charge in [-0.2, -0.15) is 0 Å². The Labute approximate surface area is 100 Å². The maximum Gasteiger partial charge on any atom is 0.407 e. The Balaban J connectivity index is 4.11. The molecule has 0 aliphatic rings. The van der Waals surface area contributed by atoms with Crippen molar-refractivity contribution in [3.63, 3.8) is 0 Å². The van der Waals surface area contributed by atoms with E-state index in [-0.39, 0.29) is 25.2 Å². The Morgan fingerprint density at radius 1 is 1.29 bits per heavy atom. The molecule has 0 aromatic heterocycles. The first kappa shape index (κ1) is 15.4. The summed E-state index contributed by atoms with van der Waals surface area (Å²) in [6.07, 6.45) is 0.836. The molecule has 0 saturated carbocycles. The van der Waals surface area contributed by atoms with Crippen molar-refractivity contribution >= 4 is 17.8 Å². The van der Waals surface area contributed by atoms with Crippen LogP contribution in [0.2, 0.25) is 0 Å². The predicted molar refractivity (Wildman–Crippen MR) is 60.7 cm³/mol. The molecule has 1 amide bonds. The average molecular weight is 245 g/mol. The summed E-state index contributed by atoms with van der Waals surface area (Å²) in [5, 5.41) is 11.0. The largest absolute Gasteiger partial charge is 0.480 e. The van der Waals surface area contributed by atoms with Gasteiger partial charge in [0.05, 0.1) is 6.61 Å². The lowest BCUT2D eigenvalue weighted by atomic mass is 10.1. The van der Waals surface area contributed by atoms with Crippen molar-refractivity contribution in [2.45, 2.75) is 45.6 Å². The number of Topliss-reactive ketones (excluding diaryl/α,β-unsaturated/α-hetero) is 1. The predicted octanol–water partition coefficient (Wildman–Crippen LogP) is 1.34. The van der Waals surface area contributed by atoms with Crippen LogP contribution in [0.15, 0.2) is 0 Å². The highest BCUT2D eigenvalue weighted by Crippen LogP contribution is 1.98. The third-order valence-corrected chi connectivity index (χ3v) is 2.15. The normalized spacial score (nSPS) is 11.6. The van der Waals surface area contributed by atoms with Gasteiger partial charge < -0.3 is 15.2 Å². The van der Waals surface area contributed by atoms with Crippen LogP contribution < -0.4 is 5.32 Å². The number of carboxylic acid groups (broad SMARTS) is 1. The summed E-state index contributed by atoms with van der Waals surface area (Å²) in [7, 11) is 0. The van der Waals surface area contributed by atoms with Crippen molar-refractivity contribution in [2.75, 3.05) is 6.61 Å². The summed E-state index contributed by atoms with van der Waals surface area (Å²) >= 11 is 0. The van der Waals surface area contributed by atoms with E-state index in [9.17, 15) is 14.4 Å². The molecule has 0 spiro atoms. The molecule has 98 valence electrons. The van der Waals surface area contributed by atoms with E-state index in [1.165, 1.54) is 0 Å². The molecule has 0 aliphatic carbocycles. The Morgan fingerprint density at radius 2 is 1.94 bits per heavy atom. The van der Waals surface area contributed by atoms with Gasteiger partial charge >= 0.3 is 12.1 Å². The minimum Gasteiger partial charge on any atom is -0.480 e. The van der Waals surface area contributed by atoms with Gasteiger partial charge in [0.25, 0.3) is 0 Å². The van der Waals surface area contributed by atoms with E-state index >= 15 is 0 Å². The van der Waals surface area contributed by atoms with Crippen LogP contribution in [0.3, 0.4) is 0 Å². The highest BCUT2D eigenvalue weighted by Gasteiger charge is 2.22. The number of ketones is 1. The fourth-order valence-corrected chi connectivity index (χ4v) is 1.07. The number of carboxylic acids is 1. The standard InChI is InChI=1S/C11H19NO5/c1-3-5-6-17-11(16)12-9(10(14)15)7-8(13)4-2/h9H,3-7H2,1-2H3,(H,12,16)(H,14,15). The smallest absolute Gasteiger partial charge is 0.407 e. The van der Waals surface area contributed by atoms with E-state index in [0.717, 1.165) is 12.8 Å². The number of hydrogen-bond acceptors (Lipinski definition) is 4. The molecule has 0 aromatic rings. The van der Waals surface area contributed by atoms with Gasteiger partial charge in [0.1, 0.15) is 11.8 Å². The Bertz CT molecular complexity index is 277. The topological polar surface area (TPSA) is 92.7 Å². The molecule has 0 fully saturated rings. The van der Waals surface area contributed by atoms with Gasteiger partial charge in [-0.1, -0.05) is 20.3 Å². The average Bonchev–Trinajstić information content (AvgIpc) is 2.28. The summed E-state index contributed by atoms with van der Waals surface area (Å²) in [5.74, 6) is -1.45. The first-order valence-electron chi connectivity index (χ1n) is 5.69. The minimum absolute atomic E-state index is 0.214. The van der Waals surface area contributed by atoms with Crippen molar-refractivity contribution in [1.82, 2.24) is 5.32 Å². The second-order valence-corrected chi connectivity index (χ2v) is 3.62. The van der Waals surface area contributed by atoms with Crippen LogP contribution in [0.25, 0.3) is 0 Å². The monoisotopic (exact) mass is 245 g/mol.